The number of halogens is 3. The lowest BCUT2D eigenvalue weighted by molar-refractivity contribution is 0.222. The maximum atomic E-state index is 10.7. The molecule has 1 N–H and O–H groups in total. The zero-order valence-corrected chi connectivity index (χ0v) is 13.1. The number of hydrogen-bond donors (Lipinski definition) is 1. The molecule has 0 aliphatic carbocycles. The summed E-state index contributed by atoms with van der Waals surface area (Å²) < 4.78 is 0. The van der Waals surface area contributed by atoms with Crippen LogP contribution in [-0.2, 0) is 0 Å². The first-order valence-corrected chi connectivity index (χ1v) is 7.52. The molecule has 0 radical (unpaired) electrons. The van der Waals surface area contributed by atoms with Gasteiger partial charge in [0, 0.05) is 16.0 Å². The highest BCUT2D eigenvalue weighted by Crippen LogP contribution is 2.37. The molecule has 0 heterocycles. The highest BCUT2D eigenvalue weighted by Gasteiger charge is 2.18. The van der Waals surface area contributed by atoms with Gasteiger partial charge in [-0.25, -0.2) is 0 Å². The second-order valence-corrected chi connectivity index (χ2v) is 5.92. The fourth-order valence-electron chi connectivity index (χ4n) is 2.42. The third-order valence-electron chi connectivity index (χ3n) is 3.48. The molecule has 0 fully saturated rings. The van der Waals surface area contributed by atoms with Crippen molar-refractivity contribution in [2.75, 3.05) is 0 Å². The molecule has 1 atom stereocenters. The van der Waals surface area contributed by atoms with E-state index in [2.05, 4.69) is 0 Å². The van der Waals surface area contributed by atoms with Crippen LogP contribution >= 0.6 is 34.8 Å². The zero-order chi connectivity index (χ0) is 15.0. The number of rotatable bonds is 2. The molecule has 1 nitrogen and oxygen atoms in total. The van der Waals surface area contributed by atoms with Gasteiger partial charge in [-0.3, -0.25) is 0 Å². The Hall–Kier alpha value is -1.25. The van der Waals surface area contributed by atoms with Crippen molar-refractivity contribution >= 4 is 45.6 Å². The normalized spacial score (nSPS) is 12.6. The Balaban J connectivity index is 2.21. The molecule has 3 rings (SSSR count). The predicted octanol–water partition coefficient (Wildman–Crippen LogP) is 5.88. The van der Waals surface area contributed by atoms with Crippen molar-refractivity contribution < 1.29 is 5.11 Å². The minimum Gasteiger partial charge on any atom is -0.384 e. The Morgan fingerprint density at radius 3 is 2.14 bits per heavy atom. The monoisotopic (exact) mass is 336 g/mol. The van der Waals surface area contributed by atoms with Crippen LogP contribution in [0.1, 0.15) is 17.2 Å². The molecule has 1 unspecified atom stereocenters. The molecule has 0 saturated carbocycles. The standard InChI is InChI=1S/C17H11Cl3O/c18-14-9-8-12(10-4-1-2-5-11(10)14)17(21)13-6-3-7-15(19)16(13)20/h1-9,17,21H. The van der Waals surface area contributed by atoms with E-state index in [4.69, 9.17) is 34.8 Å². The van der Waals surface area contributed by atoms with Gasteiger partial charge in [0.1, 0.15) is 6.10 Å². The van der Waals surface area contributed by atoms with Gasteiger partial charge in [-0.15, -0.1) is 0 Å². The summed E-state index contributed by atoms with van der Waals surface area (Å²) in [6, 6.07) is 16.5. The van der Waals surface area contributed by atoms with E-state index in [1.54, 1.807) is 24.3 Å². The van der Waals surface area contributed by atoms with Crippen molar-refractivity contribution in [3.05, 3.63) is 80.8 Å². The summed E-state index contributed by atoms with van der Waals surface area (Å²) in [7, 11) is 0. The van der Waals surface area contributed by atoms with Gasteiger partial charge in [0.05, 0.1) is 10.0 Å². The van der Waals surface area contributed by atoms with Gasteiger partial charge in [0.25, 0.3) is 0 Å². The SMILES string of the molecule is OC(c1cccc(Cl)c1Cl)c1ccc(Cl)c2ccccc12. The number of aliphatic hydroxyl groups excluding tert-OH is 1. The van der Waals surface area contributed by atoms with Crippen LogP contribution in [0.4, 0.5) is 0 Å². The maximum absolute atomic E-state index is 10.7. The van der Waals surface area contributed by atoms with Crippen LogP contribution < -0.4 is 0 Å². The van der Waals surface area contributed by atoms with Gasteiger partial charge in [-0.2, -0.15) is 0 Å². The summed E-state index contributed by atoms with van der Waals surface area (Å²) in [5, 5.41) is 13.9. The van der Waals surface area contributed by atoms with E-state index < -0.39 is 6.10 Å². The van der Waals surface area contributed by atoms with Crippen LogP contribution in [0.25, 0.3) is 10.8 Å². The number of aliphatic hydroxyl groups is 1. The first-order valence-electron chi connectivity index (χ1n) is 6.38. The maximum Gasteiger partial charge on any atom is 0.106 e. The molecule has 3 aromatic carbocycles. The van der Waals surface area contributed by atoms with Crippen LogP contribution in [-0.4, -0.2) is 5.11 Å². The van der Waals surface area contributed by atoms with Crippen LogP contribution in [0, 0.1) is 0 Å². The molecule has 0 amide bonds. The van der Waals surface area contributed by atoms with Crippen molar-refractivity contribution in [3.8, 4) is 0 Å². The molecule has 106 valence electrons. The number of hydrogen-bond acceptors (Lipinski definition) is 1. The Bertz CT molecular complexity index is 814. The van der Waals surface area contributed by atoms with Crippen molar-refractivity contribution in [2.45, 2.75) is 6.10 Å². The van der Waals surface area contributed by atoms with E-state index in [1.807, 2.05) is 30.3 Å². The van der Waals surface area contributed by atoms with E-state index in [9.17, 15) is 5.11 Å². The first kappa shape index (κ1) is 14.7. The smallest absolute Gasteiger partial charge is 0.106 e. The average molecular weight is 338 g/mol. The highest BCUT2D eigenvalue weighted by molar-refractivity contribution is 6.42. The lowest BCUT2D eigenvalue weighted by Gasteiger charge is -2.16. The molecule has 0 aliphatic rings. The Kier molecular flexibility index (Phi) is 4.10. The second-order valence-electron chi connectivity index (χ2n) is 4.73. The molecule has 0 aromatic heterocycles. The van der Waals surface area contributed by atoms with Crippen molar-refractivity contribution in [3.63, 3.8) is 0 Å². The minimum atomic E-state index is -0.863. The minimum absolute atomic E-state index is 0.366. The molecule has 0 spiro atoms. The van der Waals surface area contributed by atoms with Crippen LogP contribution in [0.3, 0.4) is 0 Å². The topological polar surface area (TPSA) is 20.2 Å². The predicted molar refractivity (Wildman–Crippen MR) is 89.5 cm³/mol. The van der Waals surface area contributed by atoms with E-state index in [0.717, 1.165) is 16.3 Å². The van der Waals surface area contributed by atoms with E-state index >= 15 is 0 Å². The highest BCUT2D eigenvalue weighted by atomic mass is 35.5. The van der Waals surface area contributed by atoms with E-state index in [-0.39, 0.29) is 0 Å². The summed E-state index contributed by atoms with van der Waals surface area (Å²) in [5.41, 5.74) is 1.33. The van der Waals surface area contributed by atoms with Gasteiger partial charge in [0.15, 0.2) is 0 Å². The Labute approximate surface area is 137 Å². The van der Waals surface area contributed by atoms with Crippen molar-refractivity contribution in [1.29, 1.82) is 0 Å². The molecular formula is C17H11Cl3O. The summed E-state index contributed by atoms with van der Waals surface area (Å²) in [5.74, 6) is 0. The Morgan fingerprint density at radius 1 is 0.667 bits per heavy atom. The van der Waals surface area contributed by atoms with E-state index in [0.29, 0.717) is 20.6 Å². The van der Waals surface area contributed by atoms with Crippen LogP contribution in [0.15, 0.2) is 54.6 Å². The van der Waals surface area contributed by atoms with Gasteiger partial charge in [0.2, 0.25) is 0 Å². The third-order valence-corrected chi connectivity index (χ3v) is 4.64. The largest absolute Gasteiger partial charge is 0.384 e. The molecule has 0 bridgehead atoms. The lowest BCUT2D eigenvalue weighted by Crippen LogP contribution is -2.01. The van der Waals surface area contributed by atoms with Crippen LogP contribution in [0.5, 0.6) is 0 Å². The summed E-state index contributed by atoms with van der Waals surface area (Å²) in [6.45, 7) is 0. The fourth-order valence-corrected chi connectivity index (χ4v) is 3.06. The zero-order valence-electron chi connectivity index (χ0n) is 10.9. The molecular weight excluding hydrogens is 327 g/mol. The van der Waals surface area contributed by atoms with Crippen LogP contribution in [0.2, 0.25) is 15.1 Å². The molecule has 0 saturated heterocycles. The van der Waals surface area contributed by atoms with Gasteiger partial charge in [-0.05, 0) is 23.1 Å². The van der Waals surface area contributed by atoms with Gasteiger partial charge in [-0.1, -0.05) is 77.3 Å². The Morgan fingerprint density at radius 2 is 1.38 bits per heavy atom. The molecule has 4 heteroatoms. The average Bonchev–Trinajstić information content (AvgIpc) is 2.50. The quantitative estimate of drug-likeness (QED) is 0.619. The fraction of sp³-hybridized carbons (Fsp3) is 0.0588. The van der Waals surface area contributed by atoms with E-state index in [1.165, 1.54) is 0 Å². The summed E-state index contributed by atoms with van der Waals surface area (Å²) in [4.78, 5) is 0. The summed E-state index contributed by atoms with van der Waals surface area (Å²) in [6.07, 6.45) is -0.863. The van der Waals surface area contributed by atoms with Gasteiger partial charge < -0.3 is 5.11 Å². The second kappa shape index (κ2) is 5.86. The van der Waals surface area contributed by atoms with Gasteiger partial charge >= 0.3 is 0 Å². The summed E-state index contributed by atoms with van der Waals surface area (Å²) >= 11 is 18.4. The molecule has 0 aliphatic heterocycles. The van der Waals surface area contributed by atoms with Crippen molar-refractivity contribution in [2.24, 2.45) is 0 Å². The molecule has 3 aromatic rings. The van der Waals surface area contributed by atoms with Crippen molar-refractivity contribution in [1.82, 2.24) is 0 Å². The first-order chi connectivity index (χ1) is 10.1. The number of benzene rings is 3. The lowest BCUT2D eigenvalue weighted by atomic mass is 9.96. The third kappa shape index (κ3) is 2.63. The molecule has 21 heavy (non-hydrogen) atoms. The number of fused-ring (bicyclic) bond motifs is 1.